The van der Waals surface area contributed by atoms with E-state index >= 15 is 0 Å². The van der Waals surface area contributed by atoms with Crippen molar-refractivity contribution in [3.63, 3.8) is 0 Å². The van der Waals surface area contributed by atoms with Crippen LogP contribution in [0.15, 0.2) is 24.8 Å². The molecule has 8 heavy (non-hydrogen) atoms. The van der Waals surface area contributed by atoms with Crippen LogP contribution in [-0.4, -0.2) is 9.97 Å². The maximum Gasteiger partial charge on any atom is 0.115 e. The summed E-state index contributed by atoms with van der Waals surface area (Å²) < 4.78 is 0. The molecule has 1 aromatic rings. The molecule has 0 saturated carbocycles. The molecule has 4 heteroatoms. The van der Waals surface area contributed by atoms with Crippen LogP contribution in [0.25, 0.3) is 0 Å². The predicted octanol–water partition coefficient (Wildman–Crippen LogP) is 0.751. The van der Waals surface area contributed by atoms with Gasteiger partial charge in [0.25, 0.3) is 0 Å². The highest BCUT2D eigenvalue weighted by Gasteiger charge is 1.59. The average Bonchev–Trinajstić information content (AvgIpc) is 1.72. The van der Waals surface area contributed by atoms with Gasteiger partial charge in [0, 0.05) is 12.4 Å². The zero-order valence-electron chi connectivity index (χ0n) is 4.41. The summed E-state index contributed by atoms with van der Waals surface area (Å²) in [4.78, 5) is 7.35. The number of nitrogens with zero attached hydrogens (tertiary/aromatic N) is 2. The number of hydrogen-bond acceptors (Lipinski definition) is 3. The number of hydrogen-bond donors (Lipinski definition) is 1. The van der Waals surface area contributed by atoms with Crippen LogP contribution in [0, 0.1) is 0 Å². The van der Waals surface area contributed by atoms with E-state index in [0.717, 1.165) is 0 Å². The fraction of sp³-hybridized carbons (Fsp3) is 0. The molecular weight excluding hydrogens is 122 g/mol. The van der Waals surface area contributed by atoms with Crippen LogP contribution < -0.4 is 6.15 Å². The molecule has 1 aromatic heterocycles. The molecule has 0 saturated heterocycles. The number of rotatable bonds is 0. The molecule has 0 aliphatic rings. The molecule has 0 spiro atoms. The van der Waals surface area contributed by atoms with Gasteiger partial charge in [-0.1, -0.05) is 0 Å². The summed E-state index contributed by atoms with van der Waals surface area (Å²) in [6.45, 7) is 0. The zero-order valence-corrected chi connectivity index (χ0v) is 5.41. The van der Waals surface area contributed by atoms with Gasteiger partial charge in [-0.05, 0) is 6.07 Å². The Hall–Kier alpha value is -0.610. The number of aromatic nitrogens is 2. The Bertz CT molecular complexity index is 83.2. The van der Waals surface area contributed by atoms with Crippen LogP contribution in [-0.2, 0) is 0 Å². The van der Waals surface area contributed by atoms with Crippen molar-refractivity contribution in [3.05, 3.63) is 24.8 Å². The lowest BCUT2D eigenvalue weighted by atomic mass is 10.7. The maximum atomic E-state index is 3.67. The highest BCUT2D eigenvalue weighted by Crippen LogP contribution is 1.66. The molecule has 0 fully saturated rings. The Morgan fingerprint density at radius 1 is 1.00 bits per heavy atom. The first-order valence-electron chi connectivity index (χ1n) is 1.70. The van der Waals surface area contributed by atoms with Gasteiger partial charge < -0.3 is 6.15 Å². The molecule has 0 amide bonds. The van der Waals surface area contributed by atoms with Gasteiger partial charge in [0.15, 0.2) is 0 Å². The molecule has 46 valence electrons. The first-order chi connectivity index (χ1) is 3.00. The van der Waals surface area contributed by atoms with Gasteiger partial charge in [0.05, 0.1) is 0 Å². The Labute approximate surface area is 55.2 Å². The van der Waals surface area contributed by atoms with Crippen LogP contribution in [0.5, 0.6) is 0 Å². The van der Waals surface area contributed by atoms with E-state index in [1.807, 2.05) is 0 Å². The molecule has 0 aliphatic carbocycles. The van der Waals surface area contributed by atoms with Gasteiger partial charge >= 0.3 is 0 Å². The third kappa shape index (κ3) is 3.58. The van der Waals surface area contributed by atoms with E-state index in [2.05, 4.69) is 9.97 Å². The summed E-state index contributed by atoms with van der Waals surface area (Å²) in [6.07, 6.45) is 4.88. The molecule has 3 nitrogen and oxygen atoms in total. The van der Waals surface area contributed by atoms with Gasteiger partial charge in [0.1, 0.15) is 6.33 Å². The minimum atomic E-state index is 0. The third-order valence-corrected chi connectivity index (χ3v) is 0.478. The van der Waals surface area contributed by atoms with Crippen molar-refractivity contribution in [2.75, 3.05) is 0 Å². The third-order valence-electron chi connectivity index (χ3n) is 0.478. The average molecular weight is 131 g/mol. The van der Waals surface area contributed by atoms with E-state index in [9.17, 15) is 0 Å². The SMILES string of the molecule is N.S.c1cncnc1. The molecule has 0 aromatic carbocycles. The topological polar surface area (TPSA) is 60.8 Å². The molecule has 3 N–H and O–H groups in total. The second kappa shape index (κ2) is 6.39. The van der Waals surface area contributed by atoms with Crippen LogP contribution in [0.3, 0.4) is 0 Å². The summed E-state index contributed by atoms with van der Waals surface area (Å²) in [5, 5.41) is 0. The first-order valence-corrected chi connectivity index (χ1v) is 1.70. The zero-order chi connectivity index (χ0) is 4.24. The minimum Gasteiger partial charge on any atom is -0.344 e. The Morgan fingerprint density at radius 3 is 1.62 bits per heavy atom. The Morgan fingerprint density at radius 2 is 1.50 bits per heavy atom. The van der Waals surface area contributed by atoms with Crippen molar-refractivity contribution in [3.8, 4) is 0 Å². The monoisotopic (exact) mass is 131 g/mol. The van der Waals surface area contributed by atoms with E-state index in [0.29, 0.717) is 0 Å². The maximum absolute atomic E-state index is 3.67. The van der Waals surface area contributed by atoms with Crippen molar-refractivity contribution in [2.24, 2.45) is 0 Å². The predicted molar refractivity (Wildman–Crippen MR) is 37.4 cm³/mol. The highest BCUT2D eigenvalue weighted by molar-refractivity contribution is 7.59. The van der Waals surface area contributed by atoms with Gasteiger partial charge in [0.2, 0.25) is 0 Å². The largest absolute Gasteiger partial charge is 0.344 e. The van der Waals surface area contributed by atoms with E-state index in [1.165, 1.54) is 6.33 Å². The van der Waals surface area contributed by atoms with Crippen LogP contribution in [0.1, 0.15) is 0 Å². The van der Waals surface area contributed by atoms with E-state index in [4.69, 9.17) is 0 Å². The fourth-order valence-corrected chi connectivity index (χ4v) is 0.253. The Balaban J connectivity index is 0. The molecule has 0 bridgehead atoms. The fourth-order valence-electron chi connectivity index (χ4n) is 0.253. The van der Waals surface area contributed by atoms with Crippen LogP contribution in [0.4, 0.5) is 0 Å². The second-order valence-corrected chi connectivity index (χ2v) is 0.904. The summed E-state index contributed by atoms with van der Waals surface area (Å²) >= 11 is 0. The minimum absolute atomic E-state index is 0. The van der Waals surface area contributed by atoms with Crippen molar-refractivity contribution in [2.45, 2.75) is 0 Å². The molecule has 0 atom stereocenters. The summed E-state index contributed by atoms with van der Waals surface area (Å²) in [5.41, 5.74) is 0. The lowest BCUT2D eigenvalue weighted by Gasteiger charge is -1.70. The van der Waals surface area contributed by atoms with Gasteiger partial charge in [-0.3, -0.25) is 0 Å². The quantitative estimate of drug-likeness (QED) is 0.565. The lowest BCUT2D eigenvalue weighted by Crippen LogP contribution is -1.66. The molecule has 1 rings (SSSR count). The van der Waals surface area contributed by atoms with Crippen molar-refractivity contribution >= 4 is 13.5 Å². The summed E-state index contributed by atoms with van der Waals surface area (Å²) in [7, 11) is 0. The molecule has 0 aliphatic heterocycles. The van der Waals surface area contributed by atoms with E-state index in [-0.39, 0.29) is 19.6 Å². The van der Waals surface area contributed by atoms with Crippen LogP contribution >= 0.6 is 13.5 Å². The standard InChI is InChI=1S/C4H4N2.H3N.H2S/c1-2-5-4-6-3-1;;/h1-4H;1H3;1H2. The van der Waals surface area contributed by atoms with Crippen LogP contribution in [0.2, 0.25) is 0 Å². The van der Waals surface area contributed by atoms with Gasteiger partial charge in [-0.2, -0.15) is 13.5 Å². The van der Waals surface area contributed by atoms with Crippen molar-refractivity contribution in [1.82, 2.24) is 16.1 Å². The second-order valence-electron chi connectivity index (χ2n) is 0.904. The molecule has 1 heterocycles. The smallest absolute Gasteiger partial charge is 0.115 e. The molecule has 0 radical (unpaired) electrons. The highest BCUT2D eigenvalue weighted by atomic mass is 32.1. The molecular formula is C4H9N3S. The van der Waals surface area contributed by atoms with E-state index < -0.39 is 0 Å². The normalized spacial score (nSPS) is 6.00. The molecule has 0 unspecified atom stereocenters. The van der Waals surface area contributed by atoms with Gasteiger partial charge in [-0.25, -0.2) is 9.97 Å². The van der Waals surface area contributed by atoms with Crippen molar-refractivity contribution < 1.29 is 0 Å². The van der Waals surface area contributed by atoms with Gasteiger partial charge in [-0.15, -0.1) is 0 Å². The summed E-state index contributed by atoms with van der Waals surface area (Å²) in [5.74, 6) is 0. The van der Waals surface area contributed by atoms with Crippen molar-refractivity contribution in [1.29, 1.82) is 0 Å². The first kappa shape index (κ1) is 10.4. The van der Waals surface area contributed by atoms with E-state index in [1.54, 1.807) is 18.5 Å². The summed E-state index contributed by atoms with van der Waals surface area (Å²) in [6, 6.07) is 1.78. The Kier molecular flexibility index (Phi) is 8.30. The lowest BCUT2D eigenvalue weighted by molar-refractivity contribution is 1.17.